The molecular formula is C20H23F2N5O. The van der Waals surface area contributed by atoms with Crippen LogP contribution in [0.4, 0.5) is 14.6 Å². The molecule has 2 heterocycles. The molecule has 2 saturated carbocycles. The number of hydrogen-bond donors (Lipinski definition) is 3. The monoisotopic (exact) mass is 387 g/mol. The average Bonchev–Trinajstić information content (AvgIpc) is 3.57. The van der Waals surface area contributed by atoms with Gasteiger partial charge in [0.25, 0.3) is 12.3 Å². The second-order valence-corrected chi connectivity index (χ2v) is 7.61. The molecule has 0 aliphatic heterocycles. The minimum atomic E-state index is -2.79. The maximum Gasteiger partial charge on any atom is 0.281 e. The second kappa shape index (κ2) is 7.00. The number of amides is 1. The van der Waals surface area contributed by atoms with Crippen LogP contribution in [0.3, 0.4) is 0 Å². The van der Waals surface area contributed by atoms with E-state index in [9.17, 15) is 13.6 Å². The van der Waals surface area contributed by atoms with Crippen LogP contribution in [0.1, 0.15) is 49.2 Å². The molecule has 2 aliphatic rings. The number of carbonyl (C=O) groups is 1. The van der Waals surface area contributed by atoms with E-state index in [-0.39, 0.29) is 11.5 Å². The van der Waals surface area contributed by atoms with E-state index in [0.29, 0.717) is 34.4 Å². The number of nitrogens with zero attached hydrogens (tertiary/aromatic N) is 2. The summed E-state index contributed by atoms with van der Waals surface area (Å²) in [7, 11) is 0. The standard InChI is InChI=1S/C20H23F2N5O/c1-9-15(10(2)27-26-9)13-7-8-14(24-18(13)19(21)22)25-20(28)17(23)16(11-3-4-11)12-5-6-12/h7-8,11-12,19H,3-6,23H2,1-2H3,(H,26,27)(H,24,25,28). The van der Waals surface area contributed by atoms with Crippen molar-refractivity contribution in [3.05, 3.63) is 40.5 Å². The van der Waals surface area contributed by atoms with Gasteiger partial charge >= 0.3 is 0 Å². The topological polar surface area (TPSA) is 96.7 Å². The van der Waals surface area contributed by atoms with Crippen LogP contribution in [0.15, 0.2) is 23.4 Å². The molecule has 2 aromatic rings. The number of alkyl halides is 2. The maximum atomic E-state index is 13.7. The van der Waals surface area contributed by atoms with E-state index in [2.05, 4.69) is 20.5 Å². The Morgan fingerprint density at radius 3 is 2.36 bits per heavy atom. The molecule has 2 fully saturated rings. The molecule has 148 valence electrons. The molecule has 6 nitrogen and oxygen atoms in total. The maximum absolute atomic E-state index is 13.7. The van der Waals surface area contributed by atoms with Crippen LogP contribution in [-0.2, 0) is 4.79 Å². The molecule has 0 radical (unpaired) electrons. The summed E-state index contributed by atoms with van der Waals surface area (Å²) < 4.78 is 27.4. The number of pyridine rings is 1. The van der Waals surface area contributed by atoms with Gasteiger partial charge < -0.3 is 11.1 Å². The van der Waals surface area contributed by atoms with E-state index >= 15 is 0 Å². The lowest BCUT2D eigenvalue weighted by atomic mass is 10.0. The van der Waals surface area contributed by atoms with Crippen LogP contribution in [0.2, 0.25) is 0 Å². The Labute approximate surface area is 161 Å². The van der Waals surface area contributed by atoms with Crippen LogP contribution in [0, 0.1) is 25.7 Å². The van der Waals surface area contributed by atoms with E-state index in [1.54, 1.807) is 13.8 Å². The summed E-state index contributed by atoms with van der Waals surface area (Å²) in [6.07, 6.45) is 1.45. The molecule has 28 heavy (non-hydrogen) atoms. The van der Waals surface area contributed by atoms with Gasteiger partial charge in [0.05, 0.1) is 11.4 Å². The van der Waals surface area contributed by atoms with E-state index in [1.807, 2.05) is 0 Å². The lowest BCUT2D eigenvalue weighted by molar-refractivity contribution is -0.113. The molecule has 0 atom stereocenters. The molecule has 1 amide bonds. The highest BCUT2D eigenvalue weighted by Gasteiger charge is 2.39. The van der Waals surface area contributed by atoms with Crippen molar-refractivity contribution in [2.75, 3.05) is 5.32 Å². The third kappa shape index (κ3) is 3.50. The number of H-pyrrole nitrogens is 1. The van der Waals surface area contributed by atoms with Crippen molar-refractivity contribution < 1.29 is 13.6 Å². The summed E-state index contributed by atoms with van der Waals surface area (Å²) in [5, 5.41) is 9.45. The van der Waals surface area contributed by atoms with Gasteiger partial charge in [-0.05, 0) is 69.1 Å². The van der Waals surface area contributed by atoms with Crippen molar-refractivity contribution in [3.63, 3.8) is 0 Å². The lowest BCUT2D eigenvalue weighted by Crippen LogP contribution is -2.24. The van der Waals surface area contributed by atoms with Gasteiger partial charge in [0.2, 0.25) is 0 Å². The first-order chi connectivity index (χ1) is 13.4. The van der Waals surface area contributed by atoms with Crippen molar-refractivity contribution in [1.82, 2.24) is 15.2 Å². The first kappa shape index (κ1) is 18.6. The zero-order valence-electron chi connectivity index (χ0n) is 15.9. The Bertz CT molecular complexity index is 924. The Morgan fingerprint density at radius 1 is 1.21 bits per heavy atom. The first-order valence-electron chi connectivity index (χ1n) is 9.48. The molecule has 2 aliphatic carbocycles. The largest absolute Gasteiger partial charge is 0.394 e. The molecule has 2 aromatic heterocycles. The highest BCUT2D eigenvalue weighted by atomic mass is 19.3. The van der Waals surface area contributed by atoms with Crippen molar-refractivity contribution in [2.45, 2.75) is 46.0 Å². The van der Waals surface area contributed by atoms with Crippen LogP contribution in [0.25, 0.3) is 11.1 Å². The fraction of sp³-hybridized carbons (Fsp3) is 0.450. The number of nitrogens with two attached hydrogens (primary N) is 1. The zero-order chi connectivity index (χ0) is 20.0. The van der Waals surface area contributed by atoms with Crippen LogP contribution in [-0.4, -0.2) is 21.1 Å². The van der Waals surface area contributed by atoms with E-state index in [1.165, 1.54) is 12.1 Å². The summed E-state index contributed by atoms with van der Waals surface area (Å²) in [6.45, 7) is 3.51. The number of halogens is 2. The average molecular weight is 387 g/mol. The number of aryl methyl sites for hydroxylation is 2. The normalized spacial score (nSPS) is 16.3. The molecule has 4 N–H and O–H groups in total. The van der Waals surface area contributed by atoms with Crippen molar-refractivity contribution in [1.29, 1.82) is 0 Å². The Morgan fingerprint density at radius 2 is 1.86 bits per heavy atom. The van der Waals surface area contributed by atoms with Gasteiger partial charge in [-0.25, -0.2) is 13.8 Å². The van der Waals surface area contributed by atoms with Crippen LogP contribution in [0.5, 0.6) is 0 Å². The summed E-state index contributed by atoms with van der Waals surface area (Å²) in [5.74, 6) is 0.399. The number of aromatic nitrogens is 3. The van der Waals surface area contributed by atoms with Crippen LogP contribution >= 0.6 is 0 Å². The molecular weight excluding hydrogens is 364 g/mol. The van der Waals surface area contributed by atoms with Crippen LogP contribution < -0.4 is 11.1 Å². The number of hydrogen-bond acceptors (Lipinski definition) is 4. The molecule has 4 rings (SSSR count). The van der Waals surface area contributed by atoms with Gasteiger partial charge in [0.15, 0.2) is 0 Å². The third-order valence-corrected chi connectivity index (χ3v) is 5.36. The Kier molecular flexibility index (Phi) is 4.64. The number of carbonyl (C=O) groups excluding carboxylic acids is 1. The third-order valence-electron chi connectivity index (χ3n) is 5.36. The molecule has 0 saturated heterocycles. The van der Waals surface area contributed by atoms with Crippen molar-refractivity contribution in [3.8, 4) is 11.1 Å². The van der Waals surface area contributed by atoms with Gasteiger partial charge in [-0.3, -0.25) is 9.89 Å². The van der Waals surface area contributed by atoms with Gasteiger partial charge in [-0.15, -0.1) is 0 Å². The fourth-order valence-electron chi connectivity index (χ4n) is 3.75. The van der Waals surface area contributed by atoms with Crippen molar-refractivity contribution >= 4 is 11.7 Å². The zero-order valence-corrected chi connectivity index (χ0v) is 15.9. The quantitative estimate of drug-likeness (QED) is 0.653. The van der Waals surface area contributed by atoms with Gasteiger partial charge in [-0.2, -0.15) is 5.10 Å². The highest BCUT2D eigenvalue weighted by molar-refractivity contribution is 6.03. The molecule has 8 heteroatoms. The molecule has 0 bridgehead atoms. The minimum Gasteiger partial charge on any atom is -0.394 e. The van der Waals surface area contributed by atoms with Gasteiger partial charge in [0.1, 0.15) is 11.5 Å². The SMILES string of the molecule is Cc1n[nH]c(C)c1-c1ccc(NC(=O)C(N)=C(C2CC2)C2CC2)nc1C(F)F. The number of nitrogens with one attached hydrogen (secondary N) is 2. The first-order valence-corrected chi connectivity index (χ1v) is 9.48. The number of rotatable bonds is 6. The van der Waals surface area contributed by atoms with E-state index in [4.69, 9.17) is 5.73 Å². The summed E-state index contributed by atoms with van der Waals surface area (Å²) in [5.41, 5.74) is 9.18. The van der Waals surface area contributed by atoms with Crippen molar-refractivity contribution in [2.24, 2.45) is 17.6 Å². The smallest absolute Gasteiger partial charge is 0.281 e. The summed E-state index contributed by atoms with van der Waals surface area (Å²) in [4.78, 5) is 16.6. The lowest BCUT2D eigenvalue weighted by Gasteiger charge is -2.13. The van der Waals surface area contributed by atoms with E-state index in [0.717, 1.165) is 31.3 Å². The minimum absolute atomic E-state index is 0.0664. The predicted octanol–water partition coefficient (Wildman–Crippen LogP) is 4.00. The van der Waals surface area contributed by atoms with E-state index < -0.39 is 18.0 Å². The highest BCUT2D eigenvalue weighted by Crippen LogP contribution is 2.49. The molecule has 0 spiro atoms. The second-order valence-electron chi connectivity index (χ2n) is 7.61. The fourth-order valence-corrected chi connectivity index (χ4v) is 3.75. The molecule has 0 aromatic carbocycles. The Balaban J connectivity index is 1.63. The number of anilines is 1. The molecule has 0 unspecified atom stereocenters. The van der Waals surface area contributed by atoms with Gasteiger partial charge in [-0.1, -0.05) is 0 Å². The predicted molar refractivity (Wildman–Crippen MR) is 102 cm³/mol. The number of allylic oxidation sites excluding steroid dienone is 1. The van der Waals surface area contributed by atoms with Gasteiger partial charge in [0, 0.05) is 16.8 Å². The number of aromatic amines is 1. The summed E-state index contributed by atoms with van der Waals surface area (Å²) >= 11 is 0. The Hall–Kier alpha value is -2.77. The summed E-state index contributed by atoms with van der Waals surface area (Å²) in [6, 6.07) is 3.06.